The van der Waals surface area contributed by atoms with E-state index in [4.69, 9.17) is 4.74 Å². The first kappa shape index (κ1) is 14.3. The van der Waals surface area contributed by atoms with Crippen molar-refractivity contribution in [2.24, 2.45) is 0 Å². The summed E-state index contributed by atoms with van der Waals surface area (Å²) in [6.45, 7) is 0. The van der Waals surface area contributed by atoms with E-state index in [1.54, 1.807) is 12.1 Å². The Hall–Kier alpha value is -1.13. The summed E-state index contributed by atoms with van der Waals surface area (Å²) in [5, 5.41) is 0. The highest BCUT2D eigenvalue weighted by Crippen LogP contribution is 2.32. The molecule has 0 saturated heterocycles. The molecule has 0 aromatic heterocycles. The van der Waals surface area contributed by atoms with Crippen LogP contribution >= 0.6 is 31.9 Å². The van der Waals surface area contributed by atoms with Gasteiger partial charge in [0.1, 0.15) is 10.6 Å². The average Bonchev–Trinajstić information content (AvgIpc) is 2.47. The molecule has 2 atom stereocenters. The molecule has 0 aliphatic heterocycles. The molecule has 4 heteroatoms. The third-order valence-corrected chi connectivity index (χ3v) is 5.23. The van der Waals surface area contributed by atoms with Crippen LogP contribution in [0.4, 0.5) is 0 Å². The molecule has 0 N–H and O–H groups in total. The lowest BCUT2D eigenvalue weighted by molar-refractivity contribution is -0.133. The fourth-order valence-corrected chi connectivity index (χ4v) is 2.51. The smallest absolute Gasteiger partial charge is 0.326 e. The quantitative estimate of drug-likeness (QED) is 0.441. The number of carbonyl (C=O) groups is 1. The number of hydrogen-bond acceptors (Lipinski definition) is 2. The molecule has 0 aliphatic carbocycles. The van der Waals surface area contributed by atoms with E-state index in [-0.39, 0.29) is 10.8 Å². The van der Waals surface area contributed by atoms with E-state index in [9.17, 15) is 4.79 Å². The van der Waals surface area contributed by atoms with Crippen molar-refractivity contribution < 1.29 is 9.53 Å². The van der Waals surface area contributed by atoms with Crippen molar-refractivity contribution in [3.63, 3.8) is 0 Å². The van der Waals surface area contributed by atoms with Crippen molar-refractivity contribution in [2.75, 3.05) is 0 Å². The Labute approximate surface area is 129 Å². The second-order valence-electron chi connectivity index (χ2n) is 3.95. The fraction of sp³-hybridized carbons (Fsp3) is 0.133. The van der Waals surface area contributed by atoms with Crippen molar-refractivity contribution in [2.45, 2.75) is 9.65 Å². The Morgan fingerprint density at radius 3 is 2.00 bits per heavy atom. The summed E-state index contributed by atoms with van der Waals surface area (Å²) >= 11 is 6.90. The van der Waals surface area contributed by atoms with Crippen LogP contribution in [-0.4, -0.2) is 10.8 Å². The number of alkyl halides is 2. The maximum absolute atomic E-state index is 12.0. The molecular formula is C15H12Br2O2. The first-order valence-electron chi connectivity index (χ1n) is 5.78. The molecule has 2 aromatic carbocycles. The van der Waals surface area contributed by atoms with Gasteiger partial charge in [-0.15, -0.1) is 0 Å². The molecule has 98 valence electrons. The summed E-state index contributed by atoms with van der Waals surface area (Å²) in [5.41, 5.74) is 1.02. The van der Waals surface area contributed by atoms with Gasteiger partial charge in [-0.05, 0) is 17.7 Å². The minimum atomic E-state index is -0.449. The molecule has 19 heavy (non-hydrogen) atoms. The molecule has 0 fully saturated rings. The third-order valence-electron chi connectivity index (χ3n) is 2.56. The zero-order valence-corrected chi connectivity index (χ0v) is 13.2. The Bertz CT molecular complexity index is 528. The minimum Gasteiger partial charge on any atom is -0.426 e. The van der Waals surface area contributed by atoms with E-state index in [2.05, 4.69) is 31.9 Å². The fourth-order valence-electron chi connectivity index (χ4n) is 1.59. The van der Waals surface area contributed by atoms with Gasteiger partial charge in [-0.1, -0.05) is 80.4 Å². The lowest BCUT2D eigenvalue weighted by atomic mass is 10.1. The van der Waals surface area contributed by atoms with Crippen molar-refractivity contribution in [3.05, 3.63) is 66.2 Å². The zero-order chi connectivity index (χ0) is 13.7. The topological polar surface area (TPSA) is 26.3 Å². The SMILES string of the molecule is O=C(Oc1ccccc1)[C@H](Br)[C@H](Br)c1ccccc1. The molecule has 0 aliphatic rings. The van der Waals surface area contributed by atoms with E-state index >= 15 is 0 Å². The van der Waals surface area contributed by atoms with Gasteiger partial charge in [-0.3, -0.25) is 4.79 Å². The number of rotatable bonds is 4. The molecule has 2 nitrogen and oxygen atoms in total. The van der Waals surface area contributed by atoms with Gasteiger partial charge in [0, 0.05) is 0 Å². The molecule has 0 saturated carbocycles. The van der Waals surface area contributed by atoms with E-state index in [1.807, 2.05) is 48.5 Å². The van der Waals surface area contributed by atoms with Crippen LogP contribution in [0.15, 0.2) is 60.7 Å². The van der Waals surface area contributed by atoms with Gasteiger partial charge in [0.05, 0.1) is 4.83 Å². The summed E-state index contributed by atoms with van der Waals surface area (Å²) in [5.74, 6) is 0.224. The van der Waals surface area contributed by atoms with Gasteiger partial charge in [0.2, 0.25) is 0 Å². The van der Waals surface area contributed by atoms with Gasteiger partial charge in [-0.2, -0.15) is 0 Å². The van der Waals surface area contributed by atoms with E-state index in [1.165, 1.54) is 0 Å². The van der Waals surface area contributed by atoms with Gasteiger partial charge in [0.25, 0.3) is 0 Å². The maximum Gasteiger partial charge on any atom is 0.326 e. The standard InChI is InChI=1S/C15H12Br2O2/c16-13(11-7-3-1-4-8-11)14(17)15(18)19-12-9-5-2-6-10-12/h1-10,13-14H/t13-,14-/m1/s1. The average molecular weight is 384 g/mol. The van der Waals surface area contributed by atoms with Crippen LogP contribution in [0.25, 0.3) is 0 Å². The number of halogens is 2. The van der Waals surface area contributed by atoms with Gasteiger partial charge in [0.15, 0.2) is 0 Å². The first-order chi connectivity index (χ1) is 9.18. The molecule has 0 bridgehead atoms. The summed E-state index contributed by atoms with van der Waals surface area (Å²) in [4.78, 5) is 11.4. The maximum atomic E-state index is 12.0. The molecule has 2 aromatic rings. The number of benzene rings is 2. The third kappa shape index (κ3) is 3.91. The summed E-state index contributed by atoms with van der Waals surface area (Å²) in [6.07, 6.45) is 0. The molecule has 0 spiro atoms. The van der Waals surface area contributed by atoms with Crippen LogP contribution in [0.3, 0.4) is 0 Å². The molecule has 0 radical (unpaired) electrons. The Kier molecular flexibility index (Phi) is 5.16. The molecular weight excluding hydrogens is 372 g/mol. The number of ether oxygens (including phenoxy) is 1. The normalized spacial score (nSPS) is 13.6. The van der Waals surface area contributed by atoms with Crippen LogP contribution in [0, 0.1) is 0 Å². The Balaban J connectivity index is 2.03. The van der Waals surface area contributed by atoms with Crippen molar-refractivity contribution >= 4 is 37.8 Å². The van der Waals surface area contributed by atoms with Crippen LogP contribution in [0.2, 0.25) is 0 Å². The predicted molar refractivity (Wildman–Crippen MR) is 82.9 cm³/mol. The monoisotopic (exact) mass is 382 g/mol. The second-order valence-corrected chi connectivity index (χ2v) is 5.92. The molecule has 2 rings (SSSR count). The van der Waals surface area contributed by atoms with Gasteiger partial charge in [-0.25, -0.2) is 0 Å². The second kappa shape index (κ2) is 6.87. The van der Waals surface area contributed by atoms with Crippen LogP contribution < -0.4 is 4.74 Å². The van der Waals surface area contributed by atoms with Gasteiger partial charge >= 0.3 is 5.97 Å². The van der Waals surface area contributed by atoms with Crippen LogP contribution in [0.1, 0.15) is 10.4 Å². The summed E-state index contributed by atoms with van der Waals surface area (Å²) < 4.78 is 5.30. The van der Waals surface area contributed by atoms with Gasteiger partial charge < -0.3 is 4.74 Å². The van der Waals surface area contributed by atoms with Crippen molar-refractivity contribution in [1.82, 2.24) is 0 Å². The van der Waals surface area contributed by atoms with E-state index < -0.39 is 4.83 Å². The molecule has 0 heterocycles. The van der Waals surface area contributed by atoms with Crippen LogP contribution in [-0.2, 0) is 4.79 Å². The molecule has 0 amide bonds. The van der Waals surface area contributed by atoms with Crippen molar-refractivity contribution in [3.8, 4) is 5.75 Å². The first-order valence-corrected chi connectivity index (χ1v) is 7.61. The van der Waals surface area contributed by atoms with E-state index in [0.29, 0.717) is 5.75 Å². The summed E-state index contributed by atoms with van der Waals surface area (Å²) in [7, 11) is 0. The number of hydrogen-bond donors (Lipinski definition) is 0. The molecule has 0 unspecified atom stereocenters. The van der Waals surface area contributed by atoms with Crippen LogP contribution in [0.5, 0.6) is 5.75 Å². The summed E-state index contributed by atoms with van der Waals surface area (Å²) in [6, 6.07) is 18.8. The number of carbonyl (C=O) groups excluding carboxylic acids is 1. The zero-order valence-electron chi connectivity index (χ0n) is 10.0. The highest BCUT2D eigenvalue weighted by molar-refractivity contribution is 9.12. The largest absolute Gasteiger partial charge is 0.426 e. The lowest BCUT2D eigenvalue weighted by Gasteiger charge is -2.16. The number of esters is 1. The number of para-hydroxylation sites is 1. The highest BCUT2D eigenvalue weighted by Gasteiger charge is 2.26. The predicted octanol–water partition coefficient (Wildman–Crippen LogP) is 4.49. The Morgan fingerprint density at radius 2 is 1.42 bits per heavy atom. The Morgan fingerprint density at radius 1 is 0.895 bits per heavy atom. The highest BCUT2D eigenvalue weighted by atomic mass is 79.9. The lowest BCUT2D eigenvalue weighted by Crippen LogP contribution is -2.24. The minimum absolute atomic E-state index is 0.134. The van der Waals surface area contributed by atoms with E-state index in [0.717, 1.165) is 5.56 Å². The van der Waals surface area contributed by atoms with Crippen molar-refractivity contribution in [1.29, 1.82) is 0 Å².